The Morgan fingerprint density at radius 3 is 2.40 bits per heavy atom. The molecule has 0 saturated carbocycles. The van der Waals surface area contributed by atoms with Crippen molar-refractivity contribution in [1.82, 2.24) is 0 Å². The highest BCUT2D eigenvalue weighted by atomic mass is 32.1. The van der Waals surface area contributed by atoms with Gasteiger partial charge in [-0.15, -0.1) is 25.3 Å². The first kappa shape index (κ1) is 12.3. The minimum Gasteiger partial charge on any atom is -0.317 e. The maximum atomic E-state index is 11.9. The normalized spacial score (nSPS) is 11.3. The highest BCUT2D eigenvalue weighted by Crippen LogP contribution is 2.28. The first-order chi connectivity index (χ1) is 6.82. The molecule has 1 rings (SSSR count). The van der Waals surface area contributed by atoms with Crippen molar-refractivity contribution in [1.29, 1.82) is 0 Å². The van der Waals surface area contributed by atoms with Crippen molar-refractivity contribution >= 4 is 36.9 Å². The van der Waals surface area contributed by atoms with Gasteiger partial charge in [0, 0.05) is 9.79 Å². The lowest BCUT2D eigenvalue weighted by Crippen LogP contribution is -2.30. The molecule has 82 valence electrons. The van der Waals surface area contributed by atoms with Gasteiger partial charge in [-0.25, -0.2) is 0 Å². The topological polar surface area (TPSA) is 29.1 Å². The molecule has 0 aliphatic heterocycles. The molecule has 0 aromatic heterocycles. The van der Waals surface area contributed by atoms with Crippen molar-refractivity contribution in [2.45, 2.75) is 16.0 Å². The fourth-order valence-corrected chi connectivity index (χ4v) is 1.24. The van der Waals surface area contributed by atoms with Crippen LogP contribution in [0.15, 0.2) is 28.0 Å². The molecule has 0 aliphatic carbocycles. The van der Waals surface area contributed by atoms with Gasteiger partial charge in [0.2, 0.25) is 0 Å². The van der Waals surface area contributed by atoms with Gasteiger partial charge in [0.25, 0.3) is 0 Å². The fraction of sp³-hybridized carbons (Fsp3) is 0.125. The van der Waals surface area contributed by atoms with Crippen molar-refractivity contribution < 1.29 is 18.0 Å². The predicted molar refractivity (Wildman–Crippen MR) is 55.6 cm³/mol. The van der Waals surface area contributed by atoms with E-state index in [2.05, 4.69) is 25.3 Å². The van der Waals surface area contributed by atoms with Crippen LogP contribution in [0.4, 0.5) is 18.9 Å². The number of nitrogens with one attached hydrogen (secondary N) is 1. The largest absolute Gasteiger partial charge is 0.471 e. The second-order valence-corrected chi connectivity index (χ2v) is 3.55. The smallest absolute Gasteiger partial charge is 0.317 e. The van der Waals surface area contributed by atoms with E-state index in [-0.39, 0.29) is 10.6 Å². The van der Waals surface area contributed by atoms with Crippen LogP contribution in [-0.4, -0.2) is 12.1 Å². The molecule has 15 heavy (non-hydrogen) atoms. The Balaban J connectivity index is 2.91. The van der Waals surface area contributed by atoms with E-state index in [1.165, 1.54) is 12.1 Å². The Morgan fingerprint density at radius 2 is 1.87 bits per heavy atom. The first-order valence-electron chi connectivity index (χ1n) is 3.71. The van der Waals surface area contributed by atoms with Gasteiger partial charge in [-0.05, 0) is 12.1 Å². The number of rotatable bonds is 1. The maximum Gasteiger partial charge on any atom is 0.471 e. The van der Waals surface area contributed by atoms with Gasteiger partial charge in [0.15, 0.2) is 0 Å². The van der Waals surface area contributed by atoms with E-state index >= 15 is 0 Å². The Morgan fingerprint density at radius 1 is 1.27 bits per heavy atom. The zero-order valence-corrected chi connectivity index (χ0v) is 8.96. The SMILES string of the molecule is O=C(Nc1cccc(S)c1S)C(F)(F)F. The van der Waals surface area contributed by atoms with E-state index in [4.69, 9.17) is 0 Å². The molecule has 0 saturated heterocycles. The van der Waals surface area contributed by atoms with Gasteiger partial charge in [-0.2, -0.15) is 13.2 Å². The van der Waals surface area contributed by atoms with Crippen molar-refractivity contribution in [2.24, 2.45) is 0 Å². The van der Waals surface area contributed by atoms with Crippen LogP contribution >= 0.6 is 25.3 Å². The summed E-state index contributed by atoms with van der Waals surface area (Å²) in [5.74, 6) is -2.03. The molecule has 0 fully saturated rings. The molecule has 7 heteroatoms. The molecule has 1 aromatic rings. The third kappa shape index (κ3) is 3.07. The summed E-state index contributed by atoms with van der Waals surface area (Å²) in [5.41, 5.74) is -0.0202. The minimum atomic E-state index is -4.91. The Labute approximate surface area is 94.7 Å². The van der Waals surface area contributed by atoms with Crippen molar-refractivity contribution in [3.8, 4) is 0 Å². The lowest BCUT2D eigenvalue weighted by molar-refractivity contribution is -0.167. The van der Waals surface area contributed by atoms with E-state index < -0.39 is 12.1 Å². The molecule has 0 bridgehead atoms. The summed E-state index contributed by atoms with van der Waals surface area (Å²) in [7, 11) is 0. The van der Waals surface area contributed by atoms with Gasteiger partial charge >= 0.3 is 12.1 Å². The molecule has 0 spiro atoms. The van der Waals surface area contributed by atoms with Crippen molar-refractivity contribution in [3.05, 3.63) is 18.2 Å². The van der Waals surface area contributed by atoms with Crippen LogP contribution in [0.2, 0.25) is 0 Å². The molecule has 1 N–H and O–H groups in total. The number of alkyl halides is 3. The van der Waals surface area contributed by atoms with E-state index in [0.717, 1.165) is 0 Å². The summed E-state index contributed by atoms with van der Waals surface area (Å²) < 4.78 is 35.7. The van der Waals surface area contributed by atoms with Crippen LogP contribution in [-0.2, 0) is 4.79 Å². The first-order valence-corrected chi connectivity index (χ1v) is 4.61. The molecule has 2 nitrogen and oxygen atoms in total. The zero-order valence-electron chi connectivity index (χ0n) is 7.17. The van der Waals surface area contributed by atoms with Crippen molar-refractivity contribution in [3.63, 3.8) is 0 Å². The lowest BCUT2D eigenvalue weighted by Gasteiger charge is -2.10. The number of amides is 1. The average Bonchev–Trinajstić information content (AvgIpc) is 2.11. The monoisotopic (exact) mass is 253 g/mol. The summed E-state index contributed by atoms with van der Waals surface area (Å²) in [6.07, 6.45) is -4.91. The number of carbonyl (C=O) groups excluding carboxylic acids is 1. The van der Waals surface area contributed by atoms with Crippen LogP contribution in [0.5, 0.6) is 0 Å². The Hall–Kier alpha value is -0.820. The highest BCUT2D eigenvalue weighted by Gasteiger charge is 2.38. The number of anilines is 1. The molecular weight excluding hydrogens is 247 g/mol. The van der Waals surface area contributed by atoms with Gasteiger partial charge < -0.3 is 5.32 Å². The van der Waals surface area contributed by atoms with Gasteiger partial charge in [0.05, 0.1) is 5.69 Å². The molecular formula is C8H6F3NOS2. The van der Waals surface area contributed by atoms with Crippen LogP contribution in [0, 0.1) is 0 Å². The van der Waals surface area contributed by atoms with Crippen LogP contribution in [0.3, 0.4) is 0 Å². The molecule has 0 unspecified atom stereocenters. The maximum absolute atomic E-state index is 11.9. The van der Waals surface area contributed by atoms with Crippen molar-refractivity contribution in [2.75, 3.05) is 5.32 Å². The summed E-state index contributed by atoms with van der Waals surface area (Å²) in [4.78, 5) is 11.2. The number of hydrogen-bond acceptors (Lipinski definition) is 3. The summed E-state index contributed by atoms with van der Waals surface area (Å²) >= 11 is 7.88. The number of benzene rings is 1. The zero-order chi connectivity index (χ0) is 11.6. The second-order valence-electron chi connectivity index (χ2n) is 2.63. The van der Waals surface area contributed by atoms with E-state index in [1.54, 1.807) is 11.4 Å². The van der Waals surface area contributed by atoms with E-state index in [9.17, 15) is 18.0 Å². The standard InChI is InChI=1S/C8H6F3NOS2/c9-8(10,11)7(13)12-4-2-1-3-5(14)6(4)15/h1-3,14-15H,(H,12,13). The number of hydrogen-bond donors (Lipinski definition) is 3. The molecule has 0 radical (unpaired) electrons. The lowest BCUT2D eigenvalue weighted by atomic mass is 10.3. The van der Waals surface area contributed by atoms with Crippen LogP contribution < -0.4 is 5.32 Å². The summed E-state index contributed by atoms with van der Waals surface area (Å²) in [5, 5.41) is 1.70. The minimum absolute atomic E-state index is 0.0202. The van der Waals surface area contributed by atoms with Gasteiger partial charge in [-0.1, -0.05) is 6.07 Å². The molecule has 0 atom stereocenters. The predicted octanol–water partition coefficient (Wildman–Crippen LogP) is 2.76. The third-order valence-corrected chi connectivity index (χ3v) is 2.55. The van der Waals surface area contributed by atoms with Gasteiger partial charge in [0.1, 0.15) is 0 Å². The fourth-order valence-electron chi connectivity index (χ4n) is 0.825. The van der Waals surface area contributed by atoms with E-state index in [1.807, 2.05) is 0 Å². The molecule has 1 aromatic carbocycles. The highest BCUT2D eigenvalue weighted by molar-refractivity contribution is 7.83. The molecule has 0 heterocycles. The Kier molecular flexibility index (Phi) is 3.56. The summed E-state index contributed by atoms with van der Waals surface area (Å²) in [6.45, 7) is 0. The molecule has 0 aliphatic rings. The Bertz CT molecular complexity index is 392. The second kappa shape index (κ2) is 4.36. The third-order valence-electron chi connectivity index (χ3n) is 1.52. The van der Waals surface area contributed by atoms with Crippen LogP contribution in [0.25, 0.3) is 0 Å². The van der Waals surface area contributed by atoms with Gasteiger partial charge in [-0.3, -0.25) is 4.79 Å². The number of halogens is 3. The van der Waals surface area contributed by atoms with Crippen LogP contribution in [0.1, 0.15) is 0 Å². The molecule has 1 amide bonds. The number of thiol groups is 2. The number of carbonyl (C=O) groups is 1. The quantitative estimate of drug-likeness (QED) is 0.660. The summed E-state index contributed by atoms with van der Waals surface area (Å²) in [6, 6.07) is 4.33. The average molecular weight is 253 g/mol. The van der Waals surface area contributed by atoms with E-state index in [0.29, 0.717) is 4.90 Å².